The first-order chi connectivity index (χ1) is 9.24. The van der Waals surface area contributed by atoms with Crippen molar-refractivity contribution in [2.45, 2.75) is 46.6 Å². The Balaban J connectivity index is 2.76. The molecule has 0 aliphatic rings. The largest absolute Gasteiger partial charge is 0.310 e. The third kappa shape index (κ3) is 4.64. The number of hydrogen-bond acceptors (Lipinski definition) is 4. The molecule has 0 N–H and O–H groups in total. The van der Waals surface area contributed by atoms with Gasteiger partial charge in [0, 0.05) is 11.0 Å². The molecule has 1 aromatic rings. The Morgan fingerprint density at radius 1 is 1.30 bits per heavy atom. The Morgan fingerprint density at radius 3 is 2.25 bits per heavy atom. The number of nitrogens with zero attached hydrogens (tertiary/aromatic N) is 1. The Morgan fingerprint density at radius 2 is 1.85 bits per heavy atom. The first-order valence-electron chi connectivity index (χ1n) is 6.69. The molecule has 0 aliphatic carbocycles. The normalized spacial score (nSPS) is 12.8. The highest BCUT2D eigenvalue weighted by atomic mass is 17.0. The highest BCUT2D eigenvalue weighted by Gasteiger charge is 2.22. The molecular formula is C15H21NO4. The second-order valence-electron chi connectivity index (χ2n) is 5.84. The lowest BCUT2D eigenvalue weighted by Crippen LogP contribution is -2.20. The summed E-state index contributed by atoms with van der Waals surface area (Å²) < 4.78 is 0. The van der Waals surface area contributed by atoms with Crippen LogP contribution in [0.3, 0.4) is 0 Å². The number of ketones is 1. The van der Waals surface area contributed by atoms with Gasteiger partial charge < -0.3 is 4.84 Å². The fourth-order valence-electron chi connectivity index (χ4n) is 1.87. The molecule has 1 aromatic carbocycles. The molecule has 5 heteroatoms. The summed E-state index contributed by atoms with van der Waals surface area (Å²) in [7, 11) is 0. The second-order valence-corrected chi connectivity index (χ2v) is 5.84. The molecular weight excluding hydrogens is 258 g/mol. The van der Waals surface area contributed by atoms with E-state index in [4.69, 9.17) is 0 Å². The third-order valence-electron chi connectivity index (χ3n) is 3.05. The molecule has 1 unspecified atom stereocenters. The number of carbonyl (C=O) groups excluding carboxylic acids is 1. The van der Waals surface area contributed by atoms with Gasteiger partial charge in [0.2, 0.25) is 0 Å². The lowest BCUT2D eigenvalue weighted by atomic mass is 9.86. The molecule has 0 aromatic heterocycles. The lowest BCUT2D eigenvalue weighted by molar-refractivity contribution is -0.768. The maximum absolute atomic E-state index is 12.1. The quantitative estimate of drug-likeness (QED) is 0.454. The van der Waals surface area contributed by atoms with E-state index in [0.717, 1.165) is 5.56 Å². The van der Waals surface area contributed by atoms with Crippen LogP contribution in [0.15, 0.2) is 24.3 Å². The van der Waals surface area contributed by atoms with Crippen LogP contribution < -0.4 is 0 Å². The molecule has 1 atom stereocenters. The summed E-state index contributed by atoms with van der Waals surface area (Å²) in [5, 5.41) is 9.59. The highest BCUT2D eigenvalue weighted by molar-refractivity contribution is 5.99. The van der Waals surface area contributed by atoms with Crippen molar-refractivity contribution in [3.63, 3.8) is 0 Å². The molecule has 0 aliphatic heterocycles. The van der Waals surface area contributed by atoms with Crippen LogP contribution in [0, 0.1) is 15.5 Å². The molecule has 1 rings (SSSR count). The highest BCUT2D eigenvalue weighted by Crippen LogP contribution is 2.21. The number of Topliss-reactive ketones (excluding diaryl/α,β-unsaturated/α-hetero) is 1. The zero-order valence-corrected chi connectivity index (χ0v) is 12.4. The molecule has 20 heavy (non-hydrogen) atoms. The van der Waals surface area contributed by atoms with Crippen molar-refractivity contribution in [3.05, 3.63) is 45.5 Å². The molecule has 0 saturated carbocycles. The van der Waals surface area contributed by atoms with E-state index in [1.807, 2.05) is 39.8 Å². The van der Waals surface area contributed by atoms with Crippen molar-refractivity contribution in [1.82, 2.24) is 0 Å². The van der Waals surface area contributed by atoms with Crippen LogP contribution in [0.25, 0.3) is 0 Å². The van der Waals surface area contributed by atoms with Crippen LogP contribution in [-0.2, 0) is 11.3 Å². The van der Waals surface area contributed by atoms with Crippen LogP contribution >= 0.6 is 0 Å². The van der Waals surface area contributed by atoms with E-state index in [2.05, 4.69) is 4.84 Å². The molecule has 0 bridgehead atoms. The Hall–Kier alpha value is -1.91. The zero-order chi connectivity index (χ0) is 15.3. The maximum atomic E-state index is 12.1. The van der Waals surface area contributed by atoms with Gasteiger partial charge in [-0.15, -0.1) is 10.1 Å². The van der Waals surface area contributed by atoms with Gasteiger partial charge in [0.05, 0.1) is 0 Å². The topological polar surface area (TPSA) is 69.4 Å². The van der Waals surface area contributed by atoms with Gasteiger partial charge in [-0.2, -0.15) is 0 Å². The summed E-state index contributed by atoms with van der Waals surface area (Å²) in [4.78, 5) is 27.0. The van der Waals surface area contributed by atoms with Crippen LogP contribution in [0.4, 0.5) is 0 Å². The van der Waals surface area contributed by atoms with Crippen LogP contribution in [-0.4, -0.2) is 17.0 Å². The minimum Gasteiger partial charge on any atom is -0.310 e. The van der Waals surface area contributed by atoms with Crippen LogP contribution in [0.1, 0.15) is 50.0 Å². The van der Waals surface area contributed by atoms with Crippen LogP contribution in [0.5, 0.6) is 0 Å². The summed E-state index contributed by atoms with van der Waals surface area (Å²) in [5.41, 5.74) is 1.16. The fraction of sp³-hybridized carbons (Fsp3) is 0.533. The molecule has 0 spiro atoms. The van der Waals surface area contributed by atoms with E-state index in [1.165, 1.54) is 0 Å². The SMILES string of the molecule is CCC(Cc1ccc(C(=O)C(C)(C)C)cc1)O[N+](=O)[O-]. The summed E-state index contributed by atoms with van der Waals surface area (Å²) in [6.45, 7) is 7.47. The van der Waals surface area contributed by atoms with Gasteiger partial charge in [-0.3, -0.25) is 4.79 Å². The van der Waals surface area contributed by atoms with Crippen molar-refractivity contribution >= 4 is 5.78 Å². The predicted octanol–water partition coefficient (Wildman–Crippen LogP) is 3.44. The third-order valence-corrected chi connectivity index (χ3v) is 3.05. The number of carbonyl (C=O) groups is 1. The van der Waals surface area contributed by atoms with Crippen molar-refractivity contribution in [2.24, 2.45) is 5.41 Å². The lowest BCUT2D eigenvalue weighted by Gasteiger charge is -2.17. The number of hydrogen-bond donors (Lipinski definition) is 0. The van der Waals surface area contributed by atoms with Crippen molar-refractivity contribution in [3.8, 4) is 0 Å². The van der Waals surface area contributed by atoms with Crippen LogP contribution in [0.2, 0.25) is 0 Å². The van der Waals surface area contributed by atoms with E-state index in [1.54, 1.807) is 12.1 Å². The number of benzene rings is 1. The smallest absolute Gasteiger partial charge is 0.294 e. The van der Waals surface area contributed by atoms with Crippen molar-refractivity contribution < 1.29 is 14.7 Å². The van der Waals surface area contributed by atoms with Gasteiger partial charge in [0.25, 0.3) is 5.09 Å². The molecule has 110 valence electrons. The number of rotatable bonds is 6. The molecule has 0 amide bonds. The predicted molar refractivity (Wildman–Crippen MR) is 76.1 cm³/mol. The summed E-state index contributed by atoms with van der Waals surface area (Å²) in [5.74, 6) is 0.0811. The van der Waals surface area contributed by atoms with Crippen molar-refractivity contribution in [2.75, 3.05) is 0 Å². The van der Waals surface area contributed by atoms with Gasteiger partial charge >= 0.3 is 0 Å². The first kappa shape index (κ1) is 16.1. The minimum absolute atomic E-state index is 0.0811. The van der Waals surface area contributed by atoms with E-state index < -0.39 is 16.6 Å². The van der Waals surface area contributed by atoms with Gasteiger partial charge in [0.1, 0.15) is 6.10 Å². The van der Waals surface area contributed by atoms with Gasteiger partial charge in [-0.25, -0.2) is 0 Å². The molecule has 0 radical (unpaired) electrons. The second kappa shape index (κ2) is 6.50. The summed E-state index contributed by atoms with van der Waals surface area (Å²) in [6, 6.07) is 7.18. The average molecular weight is 279 g/mol. The van der Waals surface area contributed by atoms with E-state index >= 15 is 0 Å². The monoisotopic (exact) mass is 279 g/mol. The van der Waals surface area contributed by atoms with E-state index in [0.29, 0.717) is 18.4 Å². The zero-order valence-electron chi connectivity index (χ0n) is 12.4. The Kier molecular flexibility index (Phi) is 5.25. The molecule has 0 fully saturated rings. The fourth-order valence-corrected chi connectivity index (χ4v) is 1.87. The van der Waals surface area contributed by atoms with Crippen molar-refractivity contribution in [1.29, 1.82) is 0 Å². The Labute approximate surface area is 119 Å². The molecule has 0 heterocycles. The van der Waals surface area contributed by atoms with E-state index in [9.17, 15) is 14.9 Å². The first-order valence-corrected chi connectivity index (χ1v) is 6.69. The van der Waals surface area contributed by atoms with Gasteiger partial charge in [0.15, 0.2) is 5.78 Å². The van der Waals surface area contributed by atoms with E-state index in [-0.39, 0.29) is 5.78 Å². The summed E-state index contributed by atoms with van der Waals surface area (Å²) >= 11 is 0. The van der Waals surface area contributed by atoms with Gasteiger partial charge in [-0.1, -0.05) is 52.0 Å². The van der Waals surface area contributed by atoms with Gasteiger partial charge in [-0.05, 0) is 18.4 Å². The molecule has 5 nitrogen and oxygen atoms in total. The minimum atomic E-state index is -0.758. The maximum Gasteiger partial charge on any atom is 0.294 e. The Bertz CT molecular complexity index is 474. The standard InChI is InChI=1S/C15H21NO4/c1-5-13(20-16(18)19)10-11-6-8-12(9-7-11)14(17)15(2,3)4/h6-9,13H,5,10H2,1-4H3. The average Bonchev–Trinajstić information content (AvgIpc) is 2.36. The molecule has 0 saturated heterocycles. The summed E-state index contributed by atoms with van der Waals surface area (Å²) in [6.07, 6.45) is 0.569.